The monoisotopic (exact) mass is 417 g/mol. The van der Waals surface area contributed by atoms with Gasteiger partial charge in [-0.25, -0.2) is 9.79 Å². The maximum Gasteiger partial charge on any atom is 0.409 e. The summed E-state index contributed by atoms with van der Waals surface area (Å²) >= 11 is 1.52. The first-order chi connectivity index (χ1) is 14.6. The number of thioether (sulfide) groups is 1. The molecule has 1 aliphatic heterocycles. The molecule has 1 unspecified atom stereocenters. The molecule has 30 heavy (non-hydrogen) atoms. The largest absolute Gasteiger partial charge is 0.445 e. The number of carbonyl (C=O) groups excluding carboxylic acids is 1. The van der Waals surface area contributed by atoms with Crippen molar-refractivity contribution in [1.29, 1.82) is 0 Å². The Morgan fingerprint density at radius 1 is 1.00 bits per heavy atom. The lowest BCUT2D eigenvalue weighted by Gasteiger charge is -2.20. The molecule has 1 amide bonds. The molecule has 0 radical (unpaired) electrons. The van der Waals surface area contributed by atoms with E-state index in [0.717, 1.165) is 32.3 Å². The first kappa shape index (κ1) is 20.0. The molecule has 0 saturated carbocycles. The Morgan fingerprint density at radius 3 is 2.43 bits per heavy atom. The van der Waals surface area contributed by atoms with Crippen LogP contribution in [0.4, 0.5) is 10.5 Å². The van der Waals surface area contributed by atoms with Crippen molar-refractivity contribution in [2.24, 2.45) is 4.99 Å². The van der Waals surface area contributed by atoms with E-state index >= 15 is 0 Å². The maximum absolute atomic E-state index is 12.3. The third-order valence-corrected chi connectivity index (χ3v) is 5.87. The molecule has 4 rings (SSSR count). The van der Waals surface area contributed by atoms with Gasteiger partial charge in [-0.05, 0) is 29.3 Å². The number of amides is 1. The Labute approximate surface area is 180 Å². The Morgan fingerprint density at radius 2 is 1.70 bits per heavy atom. The highest BCUT2D eigenvalue weighted by Gasteiger charge is 2.20. The molecule has 3 aromatic carbocycles. The Kier molecular flexibility index (Phi) is 6.05. The fourth-order valence-corrected chi connectivity index (χ4v) is 4.28. The zero-order chi connectivity index (χ0) is 20.9. The summed E-state index contributed by atoms with van der Waals surface area (Å²) < 4.78 is 5.36. The molecule has 1 atom stereocenters. The molecule has 3 aromatic rings. The van der Waals surface area contributed by atoms with Gasteiger partial charge in [0.05, 0.1) is 5.36 Å². The number of hydrogen-bond acceptors (Lipinski definition) is 5. The number of alkyl carbamates (subject to hydrolysis) is 1. The molecule has 5 nitrogen and oxygen atoms in total. The van der Waals surface area contributed by atoms with Gasteiger partial charge in [0.25, 0.3) is 0 Å². The standard InChI is InChI=1S/C24H23N3O2S/c1-27(2)19-14-12-18(13-15-19)22-20-10-6-7-11-21(20)25-23(30-22)26-24(28)29-16-17-8-4-3-5-9-17/h3-15,23H,16H2,1-2H3,(H,26,28). The molecule has 1 aliphatic rings. The van der Waals surface area contributed by atoms with Crippen LogP contribution >= 0.6 is 11.8 Å². The van der Waals surface area contributed by atoms with Crippen LogP contribution in [0, 0.1) is 0 Å². The SMILES string of the molecule is CN(C)c1ccc(C2=c3ccccc3=NC(NC(=O)OCc3ccccc3)S2)cc1. The number of hydrogen-bond donors (Lipinski definition) is 1. The molecule has 6 heteroatoms. The van der Waals surface area contributed by atoms with E-state index in [2.05, 4.69) is 45.5 Å². The highest BCUT2D eigenvalue weighted by atomic mass is 32.2. The zero-order valence-electron chi connectivity index (χ0n) is 16.9. The Balaban J connectivity index is 1.54. The minimum atomic E-state index is -0.484. The predicted molar refractivity (Wildman–Crippen MR) is 122 cm³/mol. The van der Waals surface area contributed by atoms with Crippen LogP contribution in [0.3, 0.4) is 0 Å². The van der Waals surface area contributed by atoms with E-state index in [9.17, 15) is 4.79 Å². The second-order valence-electron chi connectivity index (χ2n) is 7.09. The molecular formula is C24H23N3O2S. The van der Waals surface area contributed by atoms with Crippen LogP contribution < -0.4 is 20.8 Å². The average Bonchev–Trinajstić information content (AvgIpc) is 2.78. The van der Waals surface area contributed by atoms with E-state index in [0.29, 0.717) is 0 Å². The van der Waals surface area contributed by atoms with E-state index in [-0.39, 0.29) is 6.61 Å². The van der Waals surface area contributed by atoms with Crippen molar-refractivity contribution in [3.05, 3.63) is 101 Å². The molecule has 1 N–H and O–H groups in total. The number of nitrogens with zero attached hydrogens (tertiary/aromatic N) is 2. The van der Waals surface area contributed by atoms with Crippen molar-refractivity contribution < 1.29 is 9.53 Å². The van der Waals surface area contributed by atoms with Crippen LogP contribution in [0.15, 0.2) is 83.9 Å². The van der Waals surface area contributed by atoms with Gasteiger partial charge in [-0.3, -0.25) is 5.32 Å². The van der Waals surface area contributed by atoms with Gasteiger partial charge in [0.1, 0.15) is 6.61 Å². The van der Waals surface area contributed by atoms with Crippen LogP contribution in [-0.4, -0.2) is 25.7 Å². The van der Waals surface area contributed by atoms with Gasteiger partial charge >= 0.3 is 6.09 Å². The molecule has 0 saturated heterocycles. The Bertz CT molecular complexity index is 1150. The van der Waals surface area contributed by atoms with Gasteiger partial charge in [-0.1, -0.05) is 72.4 Å². The highest BCUT2D eigenvalue weighted by molar-refractivity contribution is 8.08. The molecule has 0 aliphatic carbocycles. The predicted octanol–water partition coefficient (Wildman–Crippen LogP) is 3.49. The van der Waals surface area contributed by atoms with E-state index in [1.807, 2.05) is 62.6 Å². The van der Waals surface area contributed by atoms with Gasteiger partial charge < -0.3 is 9.64 Å². The summed E-state index contributed by atoms with van der Waals surface area (Å²) in [6.07, 6.45) is -0.484. The molecule has 152 valence electrons. The van der Waals surface area contributed by atoms with Crippen LogP contribution in [0.25, 0.3) is 4.91 Å². The maximum atomic E-state index is 12.3. The molecule has 0 fully saturated rings. The normalized spacial score (nSPS) is 15.0. The first-order valence-electron chi connectivity index (χ1n) is 9.69. The Hall–Kier alpha value is -3.25. The number of para-hydroxylation sites is 1. The van der Waals surface area contributed by atoms with Crippen LogP contribution in [0.2, 0.25) is 0 Å². The number of benzene rings is 3. The fraction of sp³-hybridized carbons (Fsp3) is 0.167. The molecule has 0 aromatic heterocycles. The average molecular weight is 418 g/mol. The highest BCUT2D eigenvalue weighted by Crippen LogP contribution is 2.30. The van der Waals surface area contributed by atoms with Gasteiger partial charge in [0, 0.05) is 29.9 Å². The number of nitrogens with one attached hydrogen (secondary N) is 1. The number of rotatable bonds is 5. The second-order valence-corrected chi connectivity index (χ2v) is 8.18. The van der Waals surface area contributed by atoms with E-state index < -0.39 is 11.6 Å². The van der Waals surface area contributed by atoms with Crippen molar-refractivity contribution in [3.63, 3.8) is 0 Å². The van der Waals surface area contributed by atoms with Gasteiger partial charge in [-0.15, -0.1) is 0 Å². The lowest BCUT2D eigenvalue weighted by molar-refractivity contribution is 0.139. The number of fused-ring (bicyclic) bond motifs is 1. The summed E-state index contributed by atoms with van der Waals surface area (Å²) in [6, 6.07) is 26.0. The summed E-state index contributed by atoms with van der Waals surface area (Å²) in [4.78, 5) is 20.2. The summed E-state index contributed by atoms with van der Waals surface area (Å²) in [5.74, 6) is 0. The van der Waals surface area contributed by atoms with E-state index in [1.54, 1.807) is 0 Å². The van der Waals surface area contributed by atoms with Gasteiger partial charge in [0.15, 0.2) is 5.50 Å². The molecule has 1 heterocycles. The molecule has 0 bridgehead atoms. The number of carbonyl (C=O) groups is 1. The smallest absolute Gasteiger partial charge is 0.409 e. The fourth-order valence-electron chi connectivity index (χ4n) is 3.17. The van der Waals surface area contributed by atoms with Gasteiger partial charge in [-0.2, -0.15) is 0 Å². The third kappa shape index (κ3) is 4.66. The van der Waals surface area contributed by atoms with E-state index in [4.69, 9.17) is 4.74 Å². The third-order valence-electron chi connectivity index (χ3n) is 4.73. The van der Waals surface area contributed by atoms with Crippen LogP contribution in [0.5, 0.6) is 0 Å². The van der Waals surface area contributed by atoms with Crippen molar-refractivity contribution in [3.8, 4) is 0 Å². The quantitative estimate of drug-likeness (QED) is 0.691. The minimum absolute atomic E-state index is 0.225. The lowest BCUT2D eigenvalue weighted by atomic mass is 10.1. The topological polar surface area (TPSA) is 53.9 Å². The molecule has 0 spiro atoms. The number of ether oxygens (including phenoxy) is 1. The second kappa shape index (κ2) is 9.05. The first-order valence-corrected chi connectivity index (χ1v) is 10.6. The van der Waals surface area contributed by atoms with E-state index in [1.165, 1.54) is 11.8 Å². The van der Waals surface area contributed by atoms with Crippen molar-refractivity contribution >= 4 is 28.4 Å². The van der Waals surface area contributed by atoms with Crippen LogP contribution in [0.1, 0.15) is 11.1 Å². The lowest BCUT2D eigenvalue weighted by Crippen LogP contribution is -2.39. The van der Waals surface area contributed by atoms with Crippen LogP contribution in [-0.2, 0) is 11.3 Å². The summed E-state index contributed by atoms with van der Waals surface area (Å²) in [6.45, 7) is 0.225. The van der Waals surface area contributed by atoms with Crippen molar-refractivity contribution in [2.75, 3.05) is 19.0 Å². The minimum Gasteiger partial charge on any atom is -0.445 e. The summed E-state index contributed by atoms with van der Waals surface area (Å²) in [5, 5.41) is 4.79. The number of anilines is 1. The summed E-state index contributed by atoms with van der Waals surface area (Å²) in [5.41, 5.74) is 2.72. The van der Waals surface area contributed by atoms with Crippen molar-refractivity contribution in [2.45, 2.75) is 12.1 Å². The molecular weight excluding hydrogens is 394 g/mol. The van der Waals surface area contributed by atoms with Gasteiger partial charge in [0.2, 0.25) is 0 Å². The summed E-state index contributed by atoms with van der Waals surface area (Å²) in [7, 11) is 4.04. The van der Waals surface area contributed by atoms with Crippen molar-refractivity contribution in [1.82, 2.24) is 5.32 Å². The zero-order valence-corrected chi connectivity index (χ0v) is 17.7.